The minimum Gasteiger partial charge on any atom is -0.508 e. The summed E-state index contributed by atoms with van der Waals surface area (Å²) < 4.78 is 0. The summed E-state index contributed by atoms with van der Waals surface area (Å²) in [6.07, 6.45) is 0.987. The molecule has 0 unspecified atom stereocenters. The van der Waals surface area contributed by atoms with Gasteiger partial charge in [-0.2, -0.15) is 0 Å². The highest BCUT2D eigenvalue weighted by Crippen LogP contribution is 2.11. The summed E-state index contributed by atoms with van der Waals surface area (Å²) in [7, 11) is 4.09. The van der Waals surface area contributed by atoms with E-state index in [4.69, 9.17) is 5.11 Å². The average Bonchev–Trinajstić information content (AvgIpc) is 2.01. The van der Waals surface area contributed by atoms with Gasteiger partial charge in [-0.25, -0.2) is 0 Å². The number of benzene rings is 1. The maximum Gasteiger partial charge on any atom is 0.115 e. The standard InChI is InChI=1S/C10H15NO/c1-11(2)7-6-9-4-3-5-10(12)8-9/h3-5,8,12H,6-7H2,1-2H3. The minimum absolute atomic E-state index is 0.353. The molecule has 2 heteroatoms. The minimum atomic E-state index is 0.353. The highest BCUT2D eigenvalue weighted by molar-refractivity contribution is 5.27. The summed E-state index contributed by atoms with van der Waals surface area (Å²) in [5, 5.41) is 9.16. The van der Waals surface area contributed by atoms with Gasteiger partial charge < -0.3 is 10.0 Å². The van der Waals surface area contributed by atoms with Crippen LogP contribution in [0.2, 0.25) is 0 Å². The highest BCUT2D eigenvalue weighted by Gasteiger charge is 1.95. The molecule has 2 nitrogen and oxygen atoms in total. The number of hydrogen-bond donors (Lipinski definition) is 1. The van der Waals surface area contributed by atoms with Gasteiger partial charge in [0.25, 0.3) is 0 Å². The van der Waals surface area contributed by atoms with E-state index in [1.807, 2.05) is 32.3 Å². The molecule has 0 aliphatic rings. The van der Waals surface area contributed by atoms with Gasteiger partial charge in [-0.3, -0.25) is 0 Å². The Labute approximate surface area is 73.4 Å². The Balaban J connectivity index is 2.52. The molecule has 1 aromatic carbocycles. The SMILES string of the molecule is CN(C)CCc1cccc(O)c1. The third-order valence-electron chi connectivity index (χ3n) is 1.76. The molecule has 1 N–H and O–H groups in total. The first kappa shape index (κ1) is 9.07. The lowest BCUT2D eigenvalue weighted by atomic mass is 10.1. The Morgan fingerprint density at radius 1 is 1.33 bits per heavy atom. The van der Waals surface area contributed by atoms with Crippen LogP contribution in [-0.4, -0.2) is 30.6 Å². The van der Waals surface area contributed by atoms with Gasteiger partial charge in [-0.15, -0.1) is 0 Å². The summed E-state index contributed by atoms with van der Waals surface area (Å²) in [6.45, 7) is 1.02. The predicted molar refractivity (Wildman–Crippen MR) is 50.4 cm³/mol. The molecule has 0 spiro atoms. The second-order valence-electron chi connectivity index (χ2n) is 3.22. The lowest BCUT2D eigenvalue weighted by Gasteiger charge is -2.08. The molecule has 0 fully saturated rings. The van der Waals surface area contributed by atoms with Gasteiger partial charge in [0.15, 0.2) is 0 Å². The number of hydrogen-bond acceptors (Lipinski definition) is 2. The Hall–Kier alpha value is -1.02. The van der Waals surface area contributed by atoms with Crippen molar-refractivity contribution in [2.75, 3.05) is 20.6 Å². The van der Waals surface area contributed by atoms with Gasteiger partial charge in [0.1, 0.15) is 5.75 Å². The number of rotatable bonds is 3. The number of phenols is 1. The number of likely N-dealkylation sites (N-methyl/N-ethyl adjacent to an activating group) is 1. The van der Waals surface area contributed by atoms with Crippen LogP contribution in [0.3, 0.4) is 0 Å². The van der Waals surface area contributed by atoms with Gasteiger partial charge in [0.2, 0.25) is 0 Å². The topological polar surface area (TPSA) is 23.5 Å². The molecule has 0 saturated heterocycles. The van der Waals surface area contributed by atoms with Crippen LogP contribution in [0.1, 0.15) is 5.56 Å². The molecule has 0 aliphatic carbocycles. The molecular weight excluding hydrogens is 150 g/mol. The van der Waals surface area contributed by atoms with E-state index < -0.39 is 0 Å². The molecular formula is C10H15NO. The fourth-order valence-electron chi connectivity index (χ4n) is 1.06. The quantitative estimate of drug-likeness (QED) is 0.733. The third-order valence-corrected chi connectivity index (χ3v) is 1.76. The molecule has 12 heavy (non-hydrogen) atoms. The fourth-order valence-corrected chi connectivity index (χ4v) is 1.06. The molecule has 0 amide bonds. The van der Waals surface area contributed by atoms with Crippen molar-refractivity contribution in [3.8, 4) is 5.75 Å². The highest BCUT2D eigenvalue weighted by atomic mass is 16.3. The van der Waals surface area contributed by atoms with Crippen molar-refractivity contribution in [3.63, 3.8) is 0 Å². The first-order valence-corrected chi connectivity index (χ1v) is 4.11. The van der Waals surface area contributed by atoms with E-state index in [0.717, 1.165) is 13.0 Å². The van der Waals surface area contributed by atoms with Gasteiger partial charge >= 0.3 is 0 Å². The van der Waals surface area contributed by atoms with Crippen molar-refractivity contribution < 1.29 is 5.11 Å². The lowest BCUT2D eigenvalue weighted by Crippen LogP contribution is -2.14. The normalized spacial score (nSPS) is 10.6. The molecule has 0 radical (unpaired) electrons. The Morgan fingerprint density at radius 2 is 2.08 bits per heavy atom. The number of phenolic OH excluding ortho intramolecular Hbond substituents is 1. The van der Waals surface area contributed by atoms with Crippen molar-refractivity contribution in [1.82, 2.24) is 4.90 Å². The van der Waals surface area contributed by atoms with Crippen LogP contribution < -0.4 is 0 Å². The Bertz CT molecular complexity index is 245. The zero-order valence-electron chi connectivity index (χ0n) is 7.62. The van der Waals surface area contributed by atoms with Crippen LogP contribution in [0, 0.1) is 0 Å². The zero-order chi connectivity index (χ0) is 8.97. The lowest BCUT2D eigenvalue weighted by molar-refractivity contribution is 0.413. The van der Waals surface area contributed by atoms with E-state index in [9.17, 15) is 0 Å². The van der Waals surface area contributed by atoms with Crippen LogP contribution in [0.4, 0.5) is 0 Å². The van der Waals surface area contributed by atoms with Crippen molar-refractivity contribution in [3.05, 3.63) is 29.8 Å². The summed E-state index contributed by atoms with van der Waals surface area (Å²) in [4.78, 5) is 2.13. The molecule has 0 atom stereocenters. The predicted octanol–water partition coefficient (Wildman–Crippen LogP) is 1.50. The zero-order valence-corrected chi connectivity index (χ0v) is 7.62. The molecule has 0 aromatic heterocycles. The average molecular weight is 165 g/mol. The number of nitrogens with zero attached hydrogens (tertiary/aromatic N) is 1. The van der Waals surface area contributed by atoms with Crippen LogP contribution in [0.15, 0.2) is 24.3 Å². The Morgan fingerprint density at radius 3 is 2.67 bits per heavy atom. The molecule has 1 aromatic rings. The van der Waals surface area contributed by atoms with Gasteiger partial charge in [0, 0.05) is 6.54 Å². The molecule has 0 aliphatic heterocycles. The van der Waals surface area contributed by atoms with Gasteiger partial charge in [-0.1, -0.05) is 12.1 Å². The van der Waals surface area contributed by atoms with Gasteiger partial charge in [0.05, 0.1) is 0 Å². The van der Waals surface area contributed by atoms with Crippen LogP contribution in [-0.2, 0) is 6.42 Å². The van der Waals surface area contributed by atoms with E-state index >= 15 is 0 Å². The van der Waals surface area contributed by atoms with E-state index in [1.54, 1.807) is 6.07 Å². The van der Waals surface area contributed by atoms with Gasteiger partial charge in [-0.05, 0) is 38.2 Å². The van der Waals surface area contributed by atoms with Crippen molar-refractivity contribution in [2.24, 2.45) is 0 Å². The summed E-state index contributed by atoms with van der Waals surface area (Å²) in [5.41, 5.74) is 1.18. The van der Waals surface area contributed by atoms with Crippen LogP contribution in [0.25, 0.3) is 0 Å². The molecule has 66 valence electrons. The first-order valence-electron chi connectivity index (χ1n) is 4.11. The molecule has 0 saturated carbocycles. The third kappa shape index (κ3) is 2.93. The maximum atomic E-state index is 9.16. The van der Waals surface area contributed by atoms with E-state index in [1.165, 1.54) is 5.56 Å². The fraction of sp³-hybridized carbons (Fsp3) is 0.400. The first-order chi connectivity index (χ1) is 5.68. The monoisotopic (exact) mass is 165 g/mol. The van der Waals surface area contributed by atoms with Crippen molar-refractivity contribution >= 4 is 0 Å². The summed E-state index contributed by atoms with van der Waals surface area (Å²) in [5.74, 6) is 0.353. The second kappa shape index (κ2) is 4.12. The van der Waals surface area contributed by atoms with Crippen LogP contribution >= 0.6 is 0 Å². The largest absolute Gasteiger partial charge is 0.508 e. The number of aromatic hydroxyl groups is 1. The second-order valence-corrected chi connectivity index (χ2v) is 3.22. The van der Waals surface area contributed by atoms with E-state index in [2.05, 4.69) is 4.90 Å². The maximum absolute atomic E-state index is 9.16. The molecule has 0 heterocycles. The summed E-state index contributed by atoms with van der Waals surface area (Å²) in [6, 6.07) is 7.41. The summed E-state index contributed by atoms with van der Waals surface area (Å²) >= 11 is 0. The molecule has 1 rings (SSSR count). The van der Waals surface area contributed by atoms with Crippen LogP contribution in [0.5, 0.6) is 5.75 Å². The Kier molecular flexibility index (Phi) is 3.11. The van der Waals surface area contributed by atoms with Crippen molar-refractivity contribution in [2.45, 2.75) is 6.42 Å². The smallest absolute Gasteiger partial charge is 0.115 e. The van der Waals surface area contributed by atoms with E-state index in [0.29, 0.717) is 5.75 Å². The van der Waals surface area contributed by atoms with E-state index in [-0.39, 0.29) is 0 Å². The van der Waals surface area contributed by atoms with Crippen molar-refractivity contribution in [1.29, 1.82) is 0 Å². The molecule has 0 bridgehead atoms.